The van der Waals surface area contributed by atoms with E-state index >= 15 is 0 Å². The number of imidazole rings is 1. The highest BCUT2D eigenvalue weighted by Crippen LogP contribution is 2.19. The average molecular weight is 344 g/mol. The maximum absolute atomic E-state index is 13.0. The molecule has 1 saturated heterocycles. The van der Waals surface area contributed by atoms with E-state index in [9.17, 15) is 4.39 Å². The molecular weight excluding hydrogens is 315 g/mol. The zero-order valence-corrected chi connectivity index (χ0v) is 15.3. The SMILES string of the molecule is Cc1[nH]cnc1CN(C)CC1CCCN(CCc2ccc(F)cc2)C1. The fourth-order valence-electron chi connectivity index (χ4n) is 3.75. The largest absolute Gasteiger partial charge is 0.348 e. The second-order valence-electron chi connectivity index (χ2n) is 7.36. The van der Waals surface area contributed by atoms with Crippen molar-refractivity contribution in [2.45, 2.75) is 32.7 Å². The lowest BCUT2D eigenvalue weighted by molar-refractivity contribution is 0.142. The van der Waals surface area contributed by atoms with Crippen LogP contribution in [-0.2, 0) is 13.0 Å². The summed E-state index contributed by atoms with van der Waals surface area (Å²) in [5.74, 6) is 0.559. The van der Waals surface area contributed by atoms with Gasteiger partial charge in [0.2, 0.25) is 0 Å². The van der Waals surface area contributed by atoms with Gasteiger partial charge in [0.15, 0.2) is 0 Å². The highest BCUT2D eigenvalue weighted by Gasteiger charge is 2.21. The molecule has 1 atom stereocenters. The van der Waals surface area contributed by atoms with Gasteiger partial charge in [0.25, 0.3) is 0 Å². The van der Waals surface area contributed by atoms with Gasteiger partial charge in [-0.2, -0.15) is 0 Å². The number of benzene rings is 1. The number of nitrogens with zero attached hydrogens (tertiary/aromatic N) is 3. The molecule has 1 aliphatic heterocycles. The predicted molar refractivity (Wildman–Crippen MR) is 98.9 cm³/mol. The number of halogens is 1. The summed E-state index contributed by atoms with van der Waals surface area (Å²) in [6.07, 6.45) is 5.34. The Hall–Kier alpha value is -1.72. The molecule has 0 radical (unpaired) electrons. The van der Waals surface area contributed by atoms with Gasteiger partial charge >= 0.3 is 0 Å². The Bertz CT molecular complexity index is 652. The van der Waals surface area contributed by atoms with Crippen LogP contribution in [0.4, 0.5) is 4.39 Å². The number of hydrogen-bond acceptors (Lipinski definition) is 3. The first-order valence-corrected chi connectivity index (χ1v) is 9.24. The molecule has 4 nitrogen and oxygen atoms in total. The van der Waals surface area contributed by atoms with Gasteiger partial charge in [-0.25, -0.2) is 9.37 Å². The number of hydrogen-bond donors (Lipinski definition) is 1. The standard InChI is InChI=1S/C20H29FN4/c1-16-20(23-15-22-16)14-24(2)12-18-4-3-10-25(13-18)11-9-17-5-7-19(21)8-6-17/h5-8,15,18H,3-4,9-14H2,1-2H3,(H,22,23). The number of aromatic amines is 1. The van der Waals surface area contributed by atoms with E-state index in [2.05, 4.69) is 33.7 Å². The molecule has 0 spiro atoms. The molecule has 0 amide bonds. The summed E-state index contributed by atoms with van der Waals surface area (Å²) >= 11 is 0. The van der Waals surface area contributed by atoms with Crippen LogP contribution in [0.15, 0.2) is 30.6 Å². The maximum atomic E-state index is 13.0. The van der Waals surface area contributed by atoms with Crippen molar-refractivity contribution in [2.75, 3.05) is 33.2 Å². The van der Waals surface area contributed by atoms with Crippen molar-refractivity contribution in [3.8, 4) is 0 Å². The van der Waals surface area contributed by atoms with Gasteiger partial charge in [0, 0.05) is 31.9 Å². The summed E-state index contributed by atoms with van der Waals surface area (Å²) in [6.45, 7) is 7.49. The molecule has 1 unspecified atom stereocenters. The average Bonchev–Trinajstić information content (AvgIpc) is 2.99. The lowest BCUT2D eigenvalue weighted by Gasteiger charge is -2.34. The second kappa shape index (κ2) is 8.59. The lowest BCUT2D eigenvalue weighted by Crippen LogP contribution is -2.40. The third-order valence-electron chi connectivity index (χ3n) is 5.16. The third-order valence-corrected chi connectivity index (χ3v) is 5.16. The van der Waals surface area contributed by atoms with Crippen molar-refractivity contribution in [1.82, 2.24) is 19.8 Å². The number of piperidine rings is 1. The first-order valence-electron chi connectivity index (χ1n) is 9.24. The molecular formula is C20H29FN4. The number of H-pyrrole nitrogens is 1. The monoisotopic (exact) mass is 344 g/mol. The highest BCUT2D eigenvalue weighted by atomic mass is 19.1. The molecule has 1 fully saturated rings. The Balaban J connectivity index is 1.44. The summed E-state index contributed by atoms with van der Waals surface area (Å²) in [5.41, 5.74) is 3.53. The predicted octanol–water partition coefficient (Wildman–Crippen LogP) is 3.24. The zero-order valence-electron chi connectivity index (χ0n) is 15.3. The minimum absolute atomic E-state index is 0.156. The molecule has 136 valence electrons. The van der Waals surface area contributed by atoms with E-state index in [0.29, 0.717) is 5.92 Å². The number of rotatable bonds is 7. The molecule has 25 heavy (non-hydrogen) atoms. The van der Waals surface area contributed by atoms with Crippen LogP contribution in [0.25, 0.3) is 0 Å². The zero-order chi connectivity index (χ0) is 17.6. The normalized spacial score (nSPS) is 18.8. The van der Waals surface area contributed by atoms with Crippen LogP contribution in [0.1, 0.15) is 29.8 Å². The number of nitrogens with one attached hydrogen (secondary N) is 1. The lowest BCUT2D eigenvalue weighted by atomic mass is 9.97. The molecule has 3 rings (SSSR count). The van der Waals surface area contributed by atoms with Gasteiger partial charge in [-0.15, -0.1) is 0 Å². The summed E-state index contributed by atoms with van der Waals surface area (Å²) < 4.78 is 13.0. The van der Waals surface area contributed by atoms with E-state index in [0.717, 1.165) is 44.0 Å². The quantitative estimate of drug-likeness (QED) is 0.837. The van der Waals surface area contributed by atoms with Crippen LogP contribution in [0.5, 0.6) is 0 Å². The smallest absolute Gasteiger partial charge is 0.123 e. The highest BCUT2D eigenvalue weighted by molar-refractivity contribution is 5.16. The number of aryl methyl sites for hydroxylation is 1. The van der Waals surface area contributed by atoms with E-state index in [1.807, 2.05) is 12.1 Å². The van der Waals surface area contributed by atoms with Crippen LogP contribution in [-0.4, -0.2) is 53.0 Å². The molecule has 1 aromatic heterocycles. The molecule has 1 aromatic carbocycles. The Morgan fingerprint density at radius 3 is 2.84 bits per heavy atom. The first-order chi connectivity index (χ1) is 12.1. The fourth-order valence-corrected chi connectivity index (χ4v) is 3.75. The Labute approximate surface area is 150 Å². The molecule has 5 heteroatoms. The third kappa shape index (κ3) is 5.38. The van der Waals surface area contributed by atoms with E-state index < -0.39 is 0 Å². The van der Waals surface area contributed by atoms with Crippen molar-refractivity contribution in [1.29, 1.82) is 0 Å². The Morgan fingerprint density at radius 1 is 1.32 bits per heavy atom. The molecule has 2 heterocycles. The molecule has 2 aromatic rings. The first kappa shape index (κ1) is 18.1. The molecule has 1 aliphatic rings. The number of aromatic nitrogens is 2. The molecule has 0 bridgehead atoms. The van der Waals surface area contributed by atoms with Gasteiger partial charge in [-0.3, -0.25) is 0 Å². The number of likely N-dealkylation sites (tertiary alicyclic amines) is 1. The van der Waals surface area contributed by atoms with Gasteiger partial charge in [0.05, 0.1) is 12.0 Å². The summed E-state index contributed by atoms with van der Waals surface area (Å²) in [6, 6.07) is 6.91. The minimum atomic E-state index is -0.156. The van der Waals surface area contributed by atoms with Gasteiger partial charge in [-0.1, -0.05) is 12.1 Å². The van der Waals surface area contributed by atoms with Crippen LogP contribution >= 0.6 is 0 Å². The minimum Gasteiger partial charge on any atom is -0.348 e. The summed E-state index contributed by atoms with van der Waals surface area (Å²) in [4.78, 5) is 12.5. The van der Waals surface area contributed by atoms with Crippen molar-refractivity contribution < 1.29 is 4.39 Å². The van der Waals surface area contributed by atoms with Gasteiger partial charge < -0.3 is 14.8 Å². The van der Waals surface area contributed by atoms with Crippen LogP contribution in [0.2, 0.25) is 0 Å². The summed E-state index contributed by atoms with van der Waals surface area (Å²) in [7, 11) is 2.19. The van der Waals surface area contributed by atoms with E-state index in [1.165, 1.54) is 24.9 Å². The van der Waals surface area contributed by atoms with Gasteiger partial charge in [0.1, 0.15) is 5.82 Å². The Morgan fingerprint density at radius 2 is 2.12 bits per heavy atom. The maximum Gasteiger partial charge on any atom is 0.123 e. The molecule has 1 N–H and O–H groups in total. The topological polar surface area (TPSA) is 35.2 Å². The molecule has 0 saturated carbocycles. The van der Waals surface area contributed by atoms with Crippen molar-refractivity contribution in [3.05, 3.63) is 53.4 Å². The van der Waals surface area contributed by atoms with Crippen LogP contribution in [0, 0.1) is 18.7 Å². The van der Waals surface area contributed by atoms with Gasteiger partial charge in [-0.05, 0) is 63.4 Å². The van der Waals surface area contributed by atoms with Crippen molar-refractivity contribution in [2.24, 2.45) is 5.92 Å². The van der Waals surface area contributed by atoms with Crippen molar-refractivity contribution in [3.63, 3.8) is 0 Å². The molecule has 0 aliphatic carbocycles. The van der Waals surface area contributed by atoms with Crippen molar-refractivity contribution >= 4 is 0 Å². The van der Waals surface area contributed by atoms with Crippen LogP contribution in [0.3, 0.4) is 0 Å². The van der Waals surface area contributed by atoms with E-state index in [1.54, 1.807) is 18.5 Å². The summed E-state index contributed by atoms with van der Waals surface area (Å²) in [5, 5.41) is 0. The Kier molecular flexibility index (Phi) is 6.21. The second-order valence-corrected chi connectivity index (χ2v) is 7.36. The van der Waals surface area contributed by atoms with E-state index in [4.69, 9.17) is 0 Å². The fraction of sp³-hybridized carbons (Fsp3) is 0.550. The van der Waals surface area contributed by atoms with E-state index in [-0.39, 0.29) is 5.82 Å². The van der Waals surface area contributed by atoms with Crippen LogP contribution < -0.4 is 0 Å².